The molecule has 24 heavy (non-hydrogen) atoms. The average molecular weight is 324 g/mol. The van der Waals surface area contributed by atoms with Crippen LogP contribution >= 0.6 is 0 Å². The van der Waals surface area contributed by atoms with Crippen molar-refractivity contribution in [2.24, 2.45) is 0 Å². The van der Waals surface area contributed by atoms with Crippen molar-refractivity contribution in [3.8, 4) is 6.07 Å². The Morgan fingerprint density at radius 3 is 2.75 bits per heavy atom. The maximum absolute atomic E-state index is 9.22. The smallest absolute Gasteiger partial charge is 0.233 e. The lowest BCUT2D eigenvalue weighted by Crippen LogP contribution is -2.45. The minimum absolute atomic E-state index is 0.216. The third-order valence-electron chi connectivity index (χ3n) is 5.25. The monoisotopic (exact) mass is 324 g/mol. The van der Waals surface area contributed by atoms with Crippen LogP contribution in [0.3, 0.4) is 0 Å². The molecule has 124 valence electrons. The molecule has 2 heterocycles. The van der Waals surface area contributed by atoms with Gasteiger partial charge in [-0.3, -0.25) is 0 Å². The zero-order chi connectivity index (χ0) is 16.6. The number of methoxy groups -OCH3 is 1. The van der Waals surface area contributed by atoms with Gasteiger partial charge in [-0.1, -0.05) is 17.3 Å². The van der Waals surface area contributed by atoms with Crippen LogP contribution in [0.15, 0.2) is 28.8 Å². The lowest BCUT2D eigenvalue weighted by Gasteiger charge is -2.39. The molecule has 4 rings (SSSR count). The molecule has 1 saturated heterocycles. The van der Waals surface area contributed by atoms with Gasteiger partial charge in [0.05, 0.1) is 17.2 Å². The Kier molecular flexibility index (Phi) is 3.73. The second-order valence-electron chi connectivity index (χ2n) is 6.59. The Balaban J connectivity index is 1.47. The van der Waals surface area contributed by atoms with Crippen LogP contribution < -0.4 is 4.90 Å². The number of nitrogens with zero attached hydrogens (tertiary/aromatic N) is 4. The fraction of sp³-hybridized carbons (Fsp3) is 0.500. The van der Waals surface area contributed by atoms with Crippen LogP contribution in [0.1, 0.15) is 48.9 Å². The SMILES string of the molecule is COC1(c2noc(C3CN(c4ccccc4C#N)C3)n2)CCCC1. The molecular weight excluding hydrogens is 304 g/mol. The predicted octanol–water partition coefficient (Wildman–Crippen LogP) is 2.96. The molecule has 1 saturated carbocycles. The molecule has 1 aromatic carbocycles. The third kappa shape index (κ3) is 2.36. The summed E-state index contributed by atoms with van der Waals surface area (Å²) in [6, 6.07) is 9.90. The molecule has 0 radical (unpaired) electrons. The molecule has 0 N–H and O–H groups in total. The molecule has 2 aliphatic rings. The second kappa shape index (κ2) is 5.91. The summed E-state index contributed by atoms with van der Waals surface area (Å²) in [5.74, 6) is 1.58. The maximum Gasteiger partial charge on any atom is 0.233 e. The lowest BCUT2D eigenvalue weighted by atomic mass is 9.97. The Morgan fingerprint density at radius 2 is 2.04 bits per heavy atom. The van der Waals surface area contributed by atoms with Crippen LogP contribution in [0, 0.1) is 11.3 Å². The van der Waals surface area contributed by atoms with Crippen LogP contribution in [-0.4, -0.2) is 30.3 Å². The molecule has 2 aromatic rings. The lowest BCUT2D eigenvalue weighted by molar-refractivity contribution is -0.0178. The first-order chi connectivity index (χ1) is 11.8. The average Bonchev–Trinajstić information content (AvgIpc) is 3.24. The summed E-state index contributed by atoms with van der Waals surface area (Å²) in [5, 5.41) is 13.4. The highest BCUT2D eigenvalue weighted by Gasteiger charge is 2.42. The van der Waals surface area contributed by atoms with Gasteiger partial charge in [-0.25, -0.2) is 0 Å². The summed E-state index contributed by atoms with van der Waals surface area (Å²) in [6.07, 6.45) is 4.18. The van der Waals surface area contributed by atoms with Crippen molar-refractivity contribution in [1.29, 1.82) is 5.26 Å². The van der Waals surface area contributed by atoms with E-state index in [1.807, 2.05) is 24.3 Å². The fourth-order valence-corrected chi connectivity index (χ4v) is 3.73. The van der Waals surface area contributed by atoms with Crippen LogP contribution in [0.2, 0.25) is 0 Å². The standard InChI is InChI=1S/C18H20N4O2/c1-23-18(8-4-5-9-18)17-20-16(24-21-17)14-11-22(12-14)15-7-3-2-6-13(15)10-19/h2-3,6-7,14H,4-5,8-9,11-12H2,1H3. The van der Waals surface area contributed by atoms with E-state index in [1.54, 1.807) is 7.11 Å². The first-order valence-corrected chi connectivity index (χ1v) is 8.39. The second-order valence-corrected chi connectivity index (χ2v) is 6.59. The number of anilines is 1. The van der Waals surface area contributed by atoms with Gasteiger partial charge < -0.3 is 14.2 Å². The normalized spacial score (nSPS) is 19.9. The highest BCUT2D eigenvalue weighted by atomic mass is 16.5. The third-order valence-corrected chi connectivity index (χ3v) is 5.25. The summed E-state index contributed by atoms with van der Waals surface area (Å²) >= 11 is 0. The molecule has 0 unspecified atom stereocenters. The van der Waals surface area contributed by atoms with Gasteiger partial charge in [0.15, 0.2) is 0 Å². The molecule has 6 heteroatoms. The van der Waals surface area contributed by atoms with E-state index in [9.17, 15) is 5.26 Å². The first kappa shape index (κ1) is 15.2. The molecule has 0 amide bonds. The number of aromatic nitrogens is 2. The van der Waals surface area contributed by atoms with E-state index in [-0.39, 0.29) is 11.5 Å². The van der Waals surface area contributed by atoms with E-state index in [0.717, 1.165) is 44.5 Å². The largest absolute Gasteiger partial charge is 0.370 e. The predicted molar refractivity (Wildman–Crippen MR) is 87.6 cm³/mol. The van der Waals surface area contributed by atoms with Gasteiger partial charge in [0.25, 0.3) is 0 Å². The topological polar surface area (TPSA) is 75.2 Å². The van der Waals surface area contributed by atoms with Gasteiger partial charge >= 0.3 is 0 Å². The quantitative estimate of drug-likeness (QED) is 0.860. The molecule has 1 aromatic heterocycles. The van der Waals surface area contributed by atoms with E-state index in [1.165, 1.54) is 0 Å². The zero-order valence-electron chi connectivity index (χ0n) is 13.7. The number of ether oxygens (including phenoxy) is 1. The summed E-state index contributed by atoms with van der Waals surface area (Å²) in [7, 11) is 1.73. The maximum atomic E-state index is 9.22. The van der Waals surface area contributed by atoms with Crippen molar-refractivity contribution in [1.82, 2.24) is 10.1 Å². The van der Waals surface area contributed by atoms with Gasteiger partial charge in [0.1, 0.15) is 11.7 Å². The number of hydrogen-bond acceptors (Lipinski definition) is 6. The number of nitriles is 1. The van der Waals surface area contributed by atoms with Crippen molar-refractivity contribution in [2.75, 3.05) is 25.1 Å². The molecule has 0 spiro atoms. The van der Waals surface area contributed by atoms with E-state index < -0.39 is 0 Å². The molecule has 1 aliphatic carbocycles. The van der Waals surface area contributed by atoms with Gasteiger partial charge in [-0.15, -0.1) is 0 Å². The highest BCUT2D eigenvalue weighted by Crippen LogP contribution is 2.41. The number of para-hydroxylation sites is 1. The van der Waals surface area contributed by atoms with Crippen molar-refractivity contribution in [3.63, 3.8) is 0 Å². The van der Waals surface area contributed by atoms with Crippen molar-refractivity contribution in [3.05, 3.63) is 41.5 Å². The summed E-state index contributed by atoms with van der Waals surface area (Å²) in [6.45, 7) is 1.58. The van der Waals surface area contributed by atoms with Crippen molar-refractivity contribution < 1.29 is 9.26 Å². The van der Waals surface area contributed by atoms with E-state index in [2.05, 4.69) is 21.1 Å². The number of hydrogen-bond donors (Lipinski definition) is 0. The highest BCUT2D eigenvalue weighted by molar-refractivity contribution is 5.61. The number of benzene rings is 1. The first-order valence-electron chi connectivity index (χ1n) is 8.39. The Bertz CT molecular complexity index is 767. The summed E-state index contributed by atoms with van der Waals surface area (Å²) < 4.78 is 11.2. The van der Waals surface area contributed by atoms with Crippen molar-refractivity contribution in [2.45, 2.75) is 37.2 Å². The minimum atomic E-state index is -0.363. The van der Waals surface area contributed by atoms with Crippen LogP contribution in [0.5, 0.6) is 0 Å². The Morgan fingerprint density at radius 1 is 1.29 bits per heavy atom. The van der Waals surface area contributed by atoms with Gasteiger partial charge in [-0.2, -0.15) is 10.2 Å². The van der Waals surface area contributed by atoms with Crippen LogP contribution in [0.25, 0.3) is 0 Å². The summed E-state index contributed by atoms with van der Waals surface area (Å²) in [5.41, 5.74) is 1.31. The van der Waals surface area contributed by atoms with E-state index in [4.69, 9.17) is 9.26 Å². The molecule has 2 fully saturated rings. The molecular formula is C18H20N4O2. The molecule has 0 atom stereocenters. The molecule has 0 bridgehead atoms. The summed E-state index contributed by atoms with van der Waals surface area (Å²) in [4.78, 5) is 6.81. The number of rotatable bonds is 4. The van der Waals surface area contributed by atoms with Crippen LogP contribution in [0.4, 0.5) is 5.69 Å². The van der Waals surface area contributed by atoms with Gasteiger partial charge in [0, 0.05) is 20.2 Å². The molecule has 6 nitrogen and oxygen atoms in total. The van der Waals surface area contributed by atoms with Gasteiger partial charge in [-0.05, 0) is 37.8 Å². The van der Waals surface area contributed by atoms with E-state index in [0.29, 0.717) is 17.3 Å². The minimum Gasteiger partial charge on any atom is -0.370 e. The zero-order valence-corrected chi connectivity index (χ0v) is 13.7. The van der Waals surface area contributed by atoms with Crippen LogP contribution in [-0.2, 0) is 10.3 Å². The molecule has 1 aliphatic heterocycles. The van der Waals surface area contributed by atoms with E-state index >= 15 is 0 Å². The Hall–Kier alpha value is -2.39. The fourth-order valence-electron chi connectivity index (χ4n) is 3.73. The van der Waals surface area contributed by atoms with Gasteiger partial charge in [0.2, 0.25) is 11.7 Å². The van der Waals surface area contributed by atoms with Crippen molar-refractivity contribution >= 4 is 5.69 Å². The Labute approximate surface area is 141 Å².